The number of amides is 1. The molecular formula is C14H20ClNO2S. The lowest BCUT2D eigenvalue weighted by molar-refractivity contribution is -0.118. The first-order valence-electron chi connectivity index (χ1n) is 6.78. The number of hydrogen-bond acceptors (Lipinski definition) is 3. The van der Waals surface area contributed by atoms with Gasteiger partial charge < -0.3 is 0 Å². The highest BCUT2D eigenvalue weighted by Gasteiger charge is 2.06. The van der Waals surface area contributed by atoms with Crippen molar-refractivity contribution in [3.05, 3.63) is 27.0 Å². The molecular weight excluding hydrogens is 282 g/mol. The van der Waals surface area contributed by atoms with Crippen molar-refractivity contribution < 1.29 is 4.79 Å². The van der Waals surface area contributed by atoms with E-state index in [0.29, 0.717) is 6.42 Å². The van der Waals surface area contributed by atoms with Crippen molar-refractivity contribution in [3.63, 3.8) is 0 Å². The number of unbranched alkanes of at least 4 members (excludes halogenated alkanes) is 4. The zero-order valence-corrected chi connectivity index (χ0v) is 12.6. The van der Waals surface area contributed by atoms with Crippen LogP contribution < -0.4 is 0 Å². The normalized spacial score (nSPS) is 14.8. The fraction of sp³-hybridized carbons (Fsp3) is 0.643. The zero-order chi connectivity index (χ0) is 13.9. The van der Waals surface area contributed by atoms with Crippen molar-refractivity contribution in [1.82, 2.24) is 0 Å². The van der Waals surface area contributed by atoms with Crippen molar-refractivity contribution in [2.24, 2.45) is 5.18 Å². The molecule has 0 radical (unpaired) electrons. The summed E-state index contributed by atoms with van der Waals surface area (Å²) in [5, 5.41) is 3.37. The molecule has 0 aromatic carbocycles. The summed E-state index contributed by atoms with van der Waals surface area (Å²) in [6.07, 6.45) is 11.8. The van der Waals surface area contributed by atoms with E-state index >= 15 is 0 Å². The summed E-state index contributed by atoms with van der Waals surface area (Å²) in [7, 11) is 0. The second kappa shape index (κ2) is 10.2. The van der Waals surface area contributed by atoms with Gasteiger partial charge in [0.1, 0.15) is 0 Å². The predicted molar refractivity (Wildman–Crippen MR) is 82.2 cm³/mol. The van der Waals surface area contributed by atoms with Crippen molar-refractivity contribution in [2.75, 3.05) is 5.75 Å². The van der Waals surface area contributed by atoms with Gasteiger partial charge in [0.25, 0.3) is 5.91 Å². The molecule has 0 N–H and O–H groups in total. The number of hydrogen-bond donors (Lipinski definition) is 0. The summed E-state index contributed by atoms with van der Waals surface area (Å²) < 4.78 is 0. The molecule has 0 heterocycles. The molecule has 0 aliphatic heterocycles. The first-order chi connectivity index (χ1) is 9.24. The maximum Gasteiger partial charge on any atom is 0.286 e. The van der Waals surface area contributed by atoms with E-state index in [-0.39, 0.29) is 0 Å². The van der Waals surface area contributed by atoms with Gasteiger partial charge in [-0.3, -0.25) is 4.79 Å². The van der Waals surface area contributed by atoms with E-state index in [0.717, 1.165) is 55.7 Å². The Morgan fingerprint density at radius 3 is 2.74 bits per heavy atom. The maximum atomic E-state index is 10.6. The molecule has 0 aromatic heterocycles. The van der Waals surface area contributed by atoms with Crippen LogP contribution in [0.5, 0.6) is 0 Å². The zero-order valence-electron chi connectivity index (χ0n) is 11.1. The average molecular weight is 302 g/mol. The minimum Gasteiger partial charge on any atom is -0.269 e. The second-order valence-corrected chi connectivity index (χ2v) is 6.15. The Balaban J connectivity index is 1.95. The third-order valence-electron chi connectivity index (χ3n) is 2.96. The first kappa shape index (κ1) is 16.4. The topological polar surface area (TPSA) is 46.5 Å². The molecule has 1 amide bonds. The highest BCUT2D eigenvalue weighted by atomic mass is 35.5. The molecule has 1 aliphatic carbocycles. The van der Waals surface area contributed by atoms with Crippen LogP contribution in [0.25, 0.3) is 0 Å². The molecule has 19 heavy (non-hydrogen) atoms. The molecule has 1 aliphatic rings. The van der Waals surface area contributed by atoms with Gasteiger partial charge in [0.15, 0.2) is 0 Å². The highest BCUT2D eigenvalue weighted by molar-refractivity contribution is 8.03. The van der Waals surface area contributed by atoms with E-state index in [2.05, 4.69) is 17.3 Å². The number of nitroso groups, excluding NO2 is 1. The number of rotatable bonds is 9. The molecule has 0 spiro atoms. The van der Waals surface area contributed by atoms with Gasteiger partial charge in [0, 0.05) is 21.5 Å². The number of nitrogens with zero attached hydrogens (tertiary/aromatic N) is 1. The summed E-state index contributed by atoms with van der Waals surface area (Å²) in [6, 6.07) is 0. The molecule has 5 heteroatoms. The fourth-order valence-electron chi connectivity index (χ4n) is 1.88. The number of thioether (sulfide) groups is 1. The number of carbonyl (C=O) groups is 1. The Kier molecular flexibility index (Phi) is 8.84. The lowest BCUT2D eigenvalue weighted by Gasteiger charge is -2.09. The minimum absolute atomic E-state index is 0.297. The van der Waals surface area contributed by atoms with Crippen LogP contribution in [0.2, 0.25) is 0 Å². The Morgan fingerprint density at radius 1 is 1.26 bits per heavy atom. The van der Waals surface area contributed by atoms with E-state index in [1.165, 1.54) is 4.91 Å². The quantitative estimate of drug-likeness (QED) is 0.437. The van der Waals surface area contributed by atoms with Crippen LogP contribution in [0.4, 0.5) is 0 Å². The standard InChI is InChI=1S/C14H20ClNO2S/c15-12-8-5-6-9-13(12)19-11-7-3-1-2-4-10-14(17)16-18/h6,9H,1-5,7-8,10-11H2. The van der Waals surface area contributed by atoms with Gasteiger partial charge in [-0.2, -0.15) is 0 Å². The molecule has 106 valence electrons. The summed E-state index contributed by atoms with van der Waals surface area (Å²) in [4.78, 5) is 21.7. The van der Waals surface area contributed by atoms with Crippen LogP contribution in [0, 0.1) is 4.91 Å². The minimum atomic E-state index is -0.527. The molecule has 0 fully saturated rings. The number of halogens is 1. The highest BCUT2D eigenvalue weighted by Crippen LogP contribution is 2.31. The van der Waals surface area contributed by atoms with Crippen LogP contribution >= 0.6 is 23.4 Å². The molecule has 0 atom stereocenters. The SMILES string of the molecule is O=NC(=O)CCCCCCCSC1=C(Cl)CCC=C1. The summed E-state index contributed by atoms with van der Waals surface area (Å²) in [5.41, 5.74) is 0. The average Bonchev–Trinajstić information content (AvgIpc) is 2.43. The maximum absolute atomic E-state index is 10.6. The molecule has 0 bridgehead atoms. The monoisotopic (exact) mass is 301 g/mol. The van der Waals surface area contributed by atoms with E-state index in [1.54, 1.807) is 0 Å². The molecule has 0 unspecified atom stereocenters. The van der Waals surface area contributed by atoms with E-state index < -0.39 is 5.91 Å². The van der Waals surface area contributed by atoms with Crippen LogP contribution in [0.1, 0.15) is 51.4 Å². The lowest BCUT2D eigenvalue weighted by atomic mass is 10.1. The fourth-order valence-corrected chi connectivity index (χ4v) is 3.23. The van der Waals surface area contributed by atoms with Crippen LogP contribution in [-0.4, -0.2) is 11.7 Å². The number of carbonyl (C=O) groups excluding carboxylic acids is 1. The first-order valence-corrected chi connectivity index (χ1v) is 8.14. The van der Waals surface area contributed by atoms with Gasteiger partial charge in [0.05, 0.1) is 0 Å². The van der Waals surface area contributed by atoms with E-state index in [9.17, 15) is 9.70 Å². The van der Waals surface area contributed by atoms with Crippen LogP contribution in [0.15, 0.2) is 27.3 Å². The van der Waals surface area contributed by atoms with Gasteiger partial charge >= 0.3 is 0 Å². The van der Waals surface area contributed by atoms with Crippen molar-refractivity contribution in [3.8, 4) is 0 Å². The van der Waals surface area contributed by atoms with Gasteiger partial charge in [-0.15, -0.1) is 16.7 Å². The summed E-state index contributed by atoms with van der Waals surface area (Å²) in [6.45, 7) is 0. The Morgan fingerprint density at radius 2 is 2.00 bits per heavy atom. The second-order valence-electron chi connectivity index (χ2n) is 4.56. The van der Waals surface area contributed by atoms with Crippen LogP contribution in [0.3, 0.4) is 0 Å². The Labute approximate surface area is 123 Å². The Hall–Kier alpha value is -0.610. The summed E-state index contributed by atoms with van der Waals surface area (Å²) in [5.74, 6) is 0.561. The van der Waals surface area contributed by atoms with Crippen molar-refractivity contribution in [2.45, 2.75) is 51.4 Å². The molecule has 0 saturated heterocycles. The third-order valence-corrected chi connectivity index (χ3v) is 4.65. The van der Waals surface area contributed by atoms with Gasteiger partial charge in [-0.05, 0) is 31.4 Å². The molecule has 3 nitrogen and oxygen atoms in total. The number of allylic oxidation sites excluding steroid dienone is 3. The molecule has 1 rings (SSSR count). The van der Waals surface area contributed by atoms with Gasteiger partial charge in [-0.25, -0.2) is 0 Å². The van der Waals surface area contributed by atoms with E-state index in [1.807, 2.05) is 11.8 Å². The van der Waals surface area contributed by atoms with E-state index in [4.69, 9.17) is 11.6 Å². The van der Waals surface area contributed by atoms with Gasteiger partial charge in [-0.1, -0.05) is 43.0 Å². The Bertz CT molecular complexity index is 366. The molecule has 0 aromatic rings. The largest absolute Gasteiger partial charge is 0.286 e. The smallest absolute Gasteiger partial charge is 0.269 e. The summed E-state index contributed by atoms with van der Waals surface area (Å²) >= 11 is 7.98. The van der Waals surface area contributed by atoms with Gasteiger partial charge in [0.2, 0.25) is 0 Å². The van der Waals surface area contributed by atoms with Crippen molar-refractivity contribution in [1.29, 1.82) is 0 Å². The van der Waals surface area contributed by atoms with Crippen molar-refractivity contribution >= 4 is 29.3 Å². The lowest BCUT2D eigenvalue weighted by Crippen LogP contribution is -1.91. The molecule has 0 saturated carbocycles. The van der Waals surface area contributed by atoms with Crippen LogP contribution in [-0.2, 0) is 4.79 Å². The predicted octanol–water partition coefficient (Wildman–Crippen LogP) is 5.15. The third kappa shape index (κ3) is 7.53.